The fourth-order valence-corrected chi connectivity index (χ4v) is 1.96. The lowest BCUT2D eigenvalue weighted by Gasteiger charge is -2.06. The molecule has 0 saturated carbocycles. The number of hydrogen-bond acceptors (Lipinski definition) is 6. The minimum Gasteiger partial charge on any atom is -0.382 e. The maximum Gasteiger partial charge on any atom is 0.274 e. The average molecular weight is 316 g/mol. The molecule has 8 nitrogen and oxygen atoms in total. The molecule has 0 spiro atoms. The number of nitrogens with two attached hydrogens (primary N) is 2. The molecule has 1 amide bonds. The zero-order chi connectivity index (χ0) is 15.7. The van der Waals surface area contributed by atoms with Crippen LogP contribution in [0.2, 0.25) is 5.15 Å². The lowest BCUT2D eigenvalue weighted by molar-refractivity contribution is 0.0945. The first kappa shape index (κ1) is 13.9. The summed E-state index contributed by atoms with van der Waals surface area (Å²) < 4.78 is 0. The van der Waals surface area contributed by atoms with E-state index < -0.39 is 5.91 Å². The first-order valence-corrected chi connectivity index (χ1v) is 6.55. The maximum atomic E-state index is 12.1. The van der Waals surface area contributed by atoms with Crippen LogP contribution in [0.1, 0.15) is 16.3 Å². The summed E-state index contributed by atoms with van der Waals surface area (Å²) in [7, 11) is 0. The largest absolute Gasteiger partial charge is 0.382 e. The quantitative estimate of drug-likeness (QED) is 0.561. The van der Waals surface area contributed by atoms with Crippen molar-refractivity contribution < 1.29 is 4.79 Å². The van der Waals surface area contributed by atoms with Crippen molar-refractivity contribution in [2.45, 2.75) is 6.54 Å². The second-order valence-corrected chi connectivity index (χ2v) is 4.73. The summed E-state index contributed by atoms with van der Waals surface area (Å²) in [6.07, 6.45) is 0. The van der Waals surface area contributed by atoms with E-state index in [0.29, 0.717) is 5.82 Å². The number of carbonyl (C=O) groups is 1. The highest BCUT2D eigenvalue weighted by molar-refractivity contribution is 6.31. The van der Waals surface area contributed by atoms with Crippen LogP contribution in [0.15, 0.2) is 12.1 Å². The summed E-state index contributed by atoms with van der Waals surface area (Å²) in [5.74, 6) is -0.0661. The fourth-order valence-electron chi connectivity index (χ4n) is 1.84. The molecule has 0 bridgehead atoms. The van der Waals surface area contributed by atoms with E-state index in [-0.39, 0.29) is 29.0 Å². The van der Waals surface area contributed by atoms with Crippen LogP contribution < -0.4 is 16.8 Å². The predicted octanol–water partition coefficient (Wildman–Crippen LogP) is 0.701. The summed E-state index contributed by atoms with van der Waals surface area (Å²) in [6.45, 7) is 0.163. The van der Waals surface area contributed by atoms with E-state index in [1.165, 1.54) is 0 Å². The zero-order valence-corrected chi connectivity index (χ0v) is 11.9. The Morgan fingerprint density at radius 3 is 2.77 bits per heavy atom. The van der Waals surface area contributed by atoms with Crippen molar-refractivity contribution in [2.75, 3.05) is 11.5 Å². The SMILES string of the molecule is Nc1nc(N)c(C(=O)NCc2nc3cc#ccc3[nH]2)nc1Cl. The van der Waals surface area contributed by atoms with Crippen LogP contribution in [-0.2, 0) is 6.54 Å². The van der Waals surface area contributed by atoms with E-state index in [1.807, 2.05) is 0 Å². The van der Waals surface area contributed by atoms with Crippen LogP contribution in [0.5, 0.6) is 0 Å². The Morgan fingerprint density at radius 1 is 1.23 bits per heavy atom. The molecular formula is C13H10ClN7O. The number of imidazole rings is 1. The van der Waals surface area contributed by atoms with Crippen molar-refractivity contribution in [2.24, 2.45) is 0 Å². The predicted molar refractivity (Wildman–Crippen MR) is 80.8 cm³/mol. The summed E-state index contributed by atoms with van der Waals surface area (Å²) in [6, 6.07) is 9.03. The zero-order valence-electron chi connectivity index (χ0n) is 11.1. The van der Waals surface area contributed by atoms with Crippen LogP contribution >= 0.6 is 11.6 Å². The van der Waals surface area contributed by atoms with Gasteiger partial charge in [0.25, 0.3) is 5.91 Å². The molecular weight excluding hydrogens is 306 g/mol. The van der Waals surface area contributed by atoms with E-state index >= 15 is 0 Å². The van der Waals surface area contributed by atoms with Gasteiger partial charge in [0.1, 0.15) is 5.82 Å². The van der Waals surface area contributed by atoms with Gasteiger partial charge >= 0.3 is 0 Å². The van der Waals surface area contributed by atoms with Crippen LogP contribution in [0.4, 0.5) is 11.6 Å². The number of fused-ring (bicyclic) bond motifs is 1. The van der Waals surface area contributed by atoms with Gasteiger partial charge in [-0.3, -0.25) is 4.79 Å². The second-order valence-electron chi connectivity index (χ2n) is 4.38. The van der Waals surface area contributed by atoms with Crippen LogP contribution in [0.3, 0.4) is 0 Å². The lowest BCUT2D eigenvalue weighted by atomic mass is 10.3. The minimum absolute atomic E-state index is 0.0273. The van der Waals surface area contributed by atoms with E-state index in [2.05, 4.69) is 37.4 Å². The standard InChI is InChI=1S/C13H10ClN7O/c14-10-12(16)21-11(15)9(20-10)13(22)17-5-8-18-6-3-1-2-4-7(6)19-8/h3-4H,5H2,(H,17,22)(H,18,19)(H4,15,16,21). The van der Waals surface area contributed by atoms with E-state index in [1.54, 1.807) is 12.1 Å². The molecule has 0 unspecified atom stereocenters. The van der Waals surface area contributed by atoms with Gasteiger partial charge in [0.05, 0.1) is 17.6 Å². The van der Waals surface area contributed by atoms with Crippen molar-refractivity contribution in [3.63, 3.8) is 0 Å². The van der Waals surface area contributed by atoms with Crippen LogP contribution in [-0.4, -0.2) is 25.8 Å². The Bertz CT molecular complexity index is 828. The first-order valence-electron chi connectivity index (χ1n) is 6.17. The van der Waals surface area contributed by atoms with Gasteiger partial charge in [-0.05, 0) is 0 Å². The van der Waals surface area contributed by atoms with Crippen LogP contribution in [0, 0.1) is 12.1 Å². The number of H-pyrrole nitrogens is 1. The van der Waals surface area contributed by atoms with Crippen molar-refractivity contribution >= 4 is 40.2 Å². The first-order chi connectivity index (χ1) is 10.5. The fraction of sp³-hybridized carbons (Fsp3) is 0.0769. The molecule has 0 saturated heterocycles. The van der Waals surface area contributed by atoms with Gasteiger partial charge in [-0.1, -0.05) is 23.7 Å². The smallest absolute Gasteiger partial charge is 0.274 e. The molecule has 110 valence electrons. The highest BCUT2D eigenvalue weighted by Crippen LogP contribution is 2.17. The number of hydrogen-bond donors (Lipinski definition) is 4. The molecule has 0 aliphatic heterocycles. The molecule has 0 atom stereocenters. The van der Waals surface area contributed by atoms with Gasteiger partial charge in [0, 0.05) is 12.1 Å². The highest BCUT2D eigenvalue weighted by Gasteiger charge is 2.16. The molecule has 3 aromatic rings. The molecule has 2 aromatic heterocycles. The van der Waals surface area contributed by atoms with Crippen LogP contribution in [0.25, 0.3) is 11.0 Å². The summed E-state index contributed by atoms with van der Waals surface area (Å²) in [5, 5.41) is 2.55. The van der Waals surface area contributed by atoms with Crippen molar-refractivity contribution in [3.8, 4) is 0 Å². The third-order valence-corrected chi connectivity index (χ3v) is 3.13. The van der Waals surface area contributed by atoms with Gasteiger partial charge in [-0.15, -0.1) is 0 Å². The van der Waals surface area contributed by atoms with E-state index in [0.717, 1.165) is 11.0 Å². The molecule has 1 aromatic carbocycles. The molecule has 2 heterocycles. The summed E-state index contributed by atoms with van der Waals surface area (Å²) >= 11 is 5.74. The van der Waals surface area contributed by atoms with Crippen molar-refractivity contribution in [3.05, 3.63) is 40.9 Å². The highest BCUT2D eigenvalue weighted by atomic mass is 35.5. The number of halogens is 1. The Hall–Kier alpha value is -3.05. The molecule has 0 radical (unpaired) electrons. The number of rotatable bonds is 3. The molecule has 9 heteroatoms. The Kier molecular flexibility index (Phi) is 3.40. The number of nitrogens with zero attached hydrogens (tertiary/aromatic N) is 3. The van der Waals surface area contributed by atoms with Crippen molar-refractivity contribution in [1.82, 2.24) is 25.3 Å². The third kappa shape index (κ3) is 2.57. The topological polar surface area (TPSA) is 136 Å². The van der Waals surface area contributed by atoms with E-state index in [9.17, 15) is 4.79 Å². The minimum atomic E-state index is -0.523. The third-order valence-electron chi connectivity index (χ3n) is 2.86. The molecule has 0 aliphatic carbocycles. The molecule has 0 aliphatic rings. The maximum absolute atomic E-state index is 12.1. The number of anilines is 2. The van der Waals surface area contributed by atoms with Gasteiger partial charge in [-0.25, -0.2) is 15.0 Å². The van der Waals surface area contributed by atoms with Gasteiger partial charge in [0.2, 0.25) is 0 Å². The monoisotopic (exact) mass is 315 g/mol. The lowest BCUT2D eigenvalue weighted by Crippen LogP contribution is -2.26. The molecule has 22 heavy (non-hydrogen) atoms. The van der Waals surface area contributed by atoms with Crippen molar-refractivity contribution in [1.29, 1.82) is 0 Å². The number of amides is 1. The summed E-state index contributed by atoms with van der Waals surface area (Å²) in [4.78, 5) is 27.0. The Balaban J connectivity index is 1.76. The van der Waals surface area contributed by atoms with Gasteiger partial charge in [-0.2, -0.15) is 0 Å². The average Bonchev–Trinajstić information content (AvgIpc) is 2.91. The number of nitrogens with one attached hydrogen (secondary N) is 2. The van der Waals surface area contributed by atoms with Gasteiger partial charge < -0.3 is 21.8 Å². The molecule has 3 rings (SSSR count). The van der Waals surface area contributed by atoms with Gasteiger partial charge in [0.15, 0.2) is 22.5 Å². The second kappa shape index (κ2) is 5.38. The number of nitrogen functional groups attached to an aromatic ring is 2. The Morgan fingerprint density at radius 2 is 2.00 bits per heavy atom. The summed E-state index contributed by atoms with van der Waals surface area (Å²) in [5.41, 5.74) is 12.5. The number of aromatic amines is 1. The van der Waals surface area contributed by atoms with E-state index in [4.69, 9.17) is 23.1 Å². The normalized spacial score (nSPS) is 10.4. The molecule has 0 fully saturated rings. The molecule has 6 N–H and O–H groups in total. The Labute approximate surface area is 129 Å². The number of carbonyl (C=O) groups excluding carboxylic acids is 1. The number of aromatic nitrogens is 4.